The molecule has 3 aromatic rings. The lowest BCUT2D eigenvalue weighted by Crippen LogP contribution is -2.24. The fourth-order valence-corrected chi connectivity index (χ4v) is 5.35. The minimum absolute atomic E-state index is 0.190. The molecule has 7 nitrogen and oxygen atoms in total. The summed E-state index contributed by atoms with van der Waals surface area (Å²) in [7, 11) is -3.74. The Hall–Kier alpha value is -3.56. The maximum Gasteiger partial charge on any atom is 0.261 e. The summed E-state index contributed by atoms with van der Waals surface area (Å²) in [5.41, 5.74) is 4.88. The molecule has 2 aliphatic rings. The van der Waals surface area contributed by atoms with Gasteiger partial charge in [0.2, 0.25) is 0 Å². The van der Waals surface area contributed by atoms with Crippen LogP contribution in [-0.4, -0.2) is 34.8 Å². The second kappa shape index (κ2) is 11.9. The summed E-state index contributed by atoms with van der Waals surface area (Å²) in [6.07, 6.45) is 4.08. The first-order valence-corrected chi connectivity index (χ1v) is 14.2. The number of sulfonamides is 1. The van der Waals surface area contributed by atoms with Gasteiger partial charge in [-0.15, -0.1) is 0 Å². The zero-order valence-electron chi connectivity index (χ0n) is 21.0. The minimum atomic E-state index is -3.74. The number of ether oxygens (including phenoxy) is 3. The Labute approximate surface area is 222 Å². The van der Waals surface area contributed by atoms with Crippen molar-refractivity contribution < 1.29 is 27.0 Å². The van der Waals surface area contributed by atoms with E-state index in [1.54, 1.807) is 42.5 Å². The number of hydrogen-bond acceptors (Lipinski definition) is 6. The van der Waals surface area contributed by atoms with Gasteiger partial charge in [-0.3, -0.25) is 4.72 Å². The standard InChI is InChI=1S/C29H31FN2O5S/c30-24-8-4-22(5-9-24)19-35-20-27(23-2-1-3-23)31-15-14-21-6-11-26(12-7-21)38(33,34)32-25-10-13-28-29(18-25)37-17-16-36-28/h4-13,18,31-32H,1-3,14-17,19-20H2. The van der Waals surface area contributed by atoms with Gasteiger partial charge >= 0.3 is 0 Å². The van der Waals surface area contributed by atoms with E-state index in [1.807, 2.05) is 12.1 Å². The van der Waals surface area contributed by atoms with Gasteiger partial charge in [0.15, 0.2) is 11.5 Å². The molecule has 0 atom stereocenters. The lowest BCUT2D eigenvalue weighted by atomic mass is 9.90. The van der Waals surface area contributed by atoms with Crippen molar-refractivity contribution in [3.05, 3.63) is 94.9 Å². The third-order valence-corrected chi connectivity index (χ3v) is 7.99. The highest BCUT2D eigenvalue weighted by molar-refractivity contribution is 7.92. The highest BCUT2D eigenvalue weighted by atomic mass is 32.2. The number of rotatable bonds is 11. The highest BCUT2D eigenvalue weighted by Gasteiger charge is 2.18. The molecule has 1 fully saturated rings. The van der Waals surface area contributed by atoms with Crippen molar-refractivity contribution in [2.24, 2.45) is 0 Å². The van der Waals surface area contributed by atoms with Crippen LogP contribution in [0.1, 0.15) is 30.4 Å². The van der Waals surface area contributed by atoms with Gasteiger partial charge in [0.1, 0.15) is 19.0 Å². The molecule has 0 unspecified atom stereocenters. The lowest BCUT2D eigenvalue weighted by molar-refractivity contribution is 0.137. The number of halogens is 1. The fourth-order valence-electron chi connectivity index (χ4n) is 4.30. The van der Waals surface area contributed by atoms with Gasteiger partial charge in [0.25, 0.3) is 10.0 Å². The molecule has 1 heterocycles. The molecule has 1 aliphatic heterocycles. The first-order valence-electron chi connectivity index (χ1n) is 12.7. The number of hydrogen-bond donors (Lipinski definition) is 2. The number of allylic oxidation sites excluding steroid dienone is 1. The molecule has 9 heteroatoms. The van der Waals surface area contributed by atoms with Crippen LogP contribution in [0.25, 0.3) is 0 Å². The molecule has 0 spiro atoms. The number of fused-ring (bicyclic) bond motifs is 1. The molecule has 0 amide bonds. The van der Waals surface area contributed by atoms with Crippen LogP contribution in [0.2, 0.25) is 0 Å². The molecular weight excluding hydrogens is 507 g/mol. The predicted molar refractivity (Wildman–Crippen MR) is 143 cm³/mol. The van der Waals surface area contributed by atoms with E-state index in [1.165, 1.54) is 24.1 Å². The van der Waals surface area contributed by atoms with Gasteiger partial charge in [-0.05, 0) is 78.8 Å². The summed E-state index contributed by atoms with van der Waals surface area (Å²) in [6, 6.07) is 18.2. The van der Waals surface area contributed by atoms with Crippen LogP contribution in [0.3, 0.4) is 0 Å². The molecule has 0 radical (unpaired) electrons. The normalized spacial score (nSPS) is 14.5. The van der Waals surface area contributed by atoms with Gasteiger partial charge in [-0.1, -0.05) is 24.3 Å². The van der Waals surface area contributed by atoms with E-state index in [4.69, 9.17) is 14.2 Å². The monoisotopic (exact) mass is 538 g/mol. The third-order valence-electron chi connectivity index (χ3n) is 6.59. The van der Waals surface area contributed by atoms with Gasteiger partial charge in [0.05, 0.1) is 23.8 Å². The van der Waals surface area contributed by atoms with Crippen LogP contribution < -0.4 is 19.5 Å². The zero-order chi connectivity index (χ0) is 26.4. The van der Waals surface area contributed by atoms with Crippen molar-refractivity contribution in [2.45, 2.75) is 37.2 Å². The molecule has 3 aromatic carbocycles. The van der Waals surface area contributed by atoms with E-state index < -0.39 is 10.0 Å². The van der Waals surface area contributed by atoms with Crippen LogP contribution in [0, 0.1) is 5.82 Å². The van der Waals surface area contributed by atoms with E-state index in [-0.39, 0.29) is 10.7 Å². The minimum Gasteiger partial charge on any atom is -0.486 e. The van der Waals surface area contributed by atoms with Crippen LogP contribution in [0.5, 0.6) is 11.5 Å². The van der Waals surface area contributed by atoms with Gasteiger partial charge in [0, 0.05) is 18.3 Å². The SMILES string of the molecule is O=S(=O)(Nc1ccc2c(c1)OCCO2)c1ccc(CCNC(COCc2ccc(F)cc2)=C2CCC2)cc1. The largest absolute Gasteiger partial charge is 0.486 e. The van der Waals surface area contributed by atoms with Gasteiger partial charge in [-0.25, -0.2) is 12.8 Å². The highest BCUT2D eigenvalue weighted by Crippen LogP contribution is 2.33. The second-order valence-corrected chi connectivity index (χ2v) is 11.0. The molecular formula is C29H31FN2O5S. The average Bonchev–Trinajstić information content (AvgIpc) is 2.89. The van der Waals surface area contributed by atoms with Crippen LogP contribution in [-0.2, 0) is 27.8 Å². The quantitative estimate of drug-likeness (QED) is 0.350. The molecule has 1 saturated carbocycles. The summed E-state index contributed by atoms with van der Waals surface area (Å²) in [4.78, 5) is 0.190. The molecule has 0 bridgehead atoms. The Kier molecular flexibility index (Phi) is 8.14. The van der Waals surface area contributed by atoms with E-state index in [9.17, 15) is 12.8 Å². The van der Waals surface area contributed by atoms with Crippen LogP contribution >= 0.6 is 0 Å². The lowest BCUT2D eigenvalue weighted by Gasteiger charge is -2.23. The molecule has 200 valence electrons. The van der Waals surface area contributed by atoms with Crippen molar-refractivity contribution in [3.63, 3.8) is 0 Å². The summed E-state index contributed by atoms with van der Waals surface area (Å²) < 4.78 is 58.4. The summed E-state index contributed by atoms with van der Waals surface area (Å²) in [5, 5.41) is 3.51. The van der Waals surface area contributed by atoms with E-state index >= 15 is 0 Å². The third kappa shape index (κ3) is 6.65. The Morgan fingerprint density at radius 1 is 0.895 bits per heavy atom. The van der Waals surface area contributed by atoms with Crippen LogP contribution in [0.15, 0.2) is 82.9 Å². The Bertz CT molecular complexity index is 1380. The number of nitrogens with one attached hydrogen (secondary N) is 2. The topological polar surface area (TPSA) is 85.9 Å². The van der Waals surface area contributed by atoms with Crippen LogP contribution in [0.4, 0.5) is 10.1 Å². The smallest absolute Gasteiger partial charge is 0.261 e. The fraction of sp³-hybridized carbons (Fsp3) is 0.310. The molecule has 5 rings (SSSR count). The Morgan fingerprint density at radius 3 is 2.32 bits per heavy atom. The molecule has 1 aliphatic carbocycles. The summed E-state index contributed by atoms with van der Waals surface area (Å²) >= 11 is 0. The van der Waals surface area contributed by atoms with E-state index in [0.29, 0.717) is 50.2 Å². The number of benzene rings is 3. The zero-order valence-corrected chi connectivity index (χ0v) is 21.9. The molecule has 0 saturated heterocycles. The Balaban J connectivity index is 1.13. The maximum atomic E-state index is 13.1. The first kappa shape index (κ1) is 26.1. The number of anilines is 1. The summed E-state index contributed by atoms with van der Waals surface area (Å²) in [5.74, 6) is 0.874. The van der Waals surface area contributed by atoms with E-state index in [2.05, 4.69) is 10.0 Å². The Morgan fingerprint density at radius 2 is 1.61 bits per heavy atom. The summed E-state index contributed by atoms with van der Waals surface area (Å²) in [6.45, 7) is 2.52. The molecule has 38 heavy (non-hydrogen) atoms. The average molecular weight is 539 g/mol. The van der Waals surface area contributed by atoms with Crippen molar-refractivity contribution in [3.8, 4) is 11.5 Å². The van der Waals surface area contributed by atoms with Gasteiger partial charge in [-0.2, -0.15) is 0 Å². The molecule has 0 aromatic heterocycles. The van der Waals surface area contributed by atoms with Crippen molar-refractivity contribution in [2.75, 3.05) is 31.1 Å². The van der Waals surface area contributed by atoms with E-state index in [0.717, 1.165) is 36.1 Å². The second-order valence-electron chi connectivity index (χ2n) is 9.34. The molecule has 2 N–H and O–H groups in total. The van der Waals surface area contributed by atoms with Crippen molar-refractivity contribution >= 4 is 15.7 Å². The first-order chi connectivity index (χ1) is 18.5. The van der Waals surface area contributed by atoms with Crippen molar-refractivity contribution in [1.29, 1.82) is 0 Å². The van der Waals surface area contributed by atoms with Crippen molar-refractivity contribution in [1.82, 2.24) is 5.32 Å². The maximum absolute atomic E-state index is 13.1. The van der Waals surface area contributed by atoms with Gasteiger partial charge < -0.3 is 19.5 Å². The predicted octanol–water partition coefficient (Wildman–Crippen LogP) is 5.18.